The van der Waals surface area contributed by atoms with E-state index in [1.165, 1.54) is 11.8 Å². The lowest BCUT2D eigenvalue weighted by molar-refractivity contribution is 0.0705. The van der Waals surface area contributed by atoms with E-state index in [1.54, 1.807) is 4.90 Å². The van der Waals surface area contributed by atoms with Gasteiger partial charge in [0.2, 0.25) is 5.69 Å². The Labute approximate surface area is 176 Å². The van der Waals surface area contributed by atoms with Crippen LogP contribution in [-0.2, 0) is 0 Å². The maximum Gasteiger partial charge on any atom is 0.320 e. The third-order valence-corrected chi connectivity index (χ3v) is 5.85. The second-order valence-corrected chi connectivity index (χ2v) is 7.77. The van der Waals surface area contributed by atoms with Crippen molar-refractivity contribution >= 4 is 28.1 Å². The average molecular weight is 454 g/mol. The van der Waals surface area contributed by atoms with Crippen LogP contribution in [0.4, 0.5) is 0 Å². The number of carbonyl (C=O) groups is 1. The van der Waals surface area contributed by atoms with Gasteiger partial charge in [-0.3, -0.25) is 9.59 Å². The summed E-state index contributed by atoms with van der Waals surface area (Å²) < 4.78 is 0.855. The molecule has 148 valence electrons. The summed E-state index contributed by atoms with van der Waals surface area (Å²) in [6.07, 6.45) is 3.27. The van der Waals surface area contributed by atoms with Gasteiger partial charge in [-0.05, 0) is 30.4 Å². The molecular formula is C21H20BrN5O2. The molecule has 2 heterocycles. The molecule has 29 heavy (non-hydrogen) atoms. The molecule has 0 unspecified atom stereocenters. The van der Waals surface area contributed by atoms with E-state index < -0.39 is 5.56 Å². The quantitative estimate of drug-likeness (QED) is 0.615. The van der Waals surface area contributed by atoms with Crippen molar-refractivity contribution in [2.45, 2.75) is 18.8 Å². The molecule has 3 aromatic rings. The molecule has 0 radical (unpaired) electrons. The Bertz CT molecular complexity index is 1080. The Morgan fingerprint density at radius 1 is 1.10 bits per heavy atom. The average Bonchev–Trinajstić information content (AvgIpc) is 3.14. The van der Waals surface area contributed by atoms with Crippen LogP contribution in [0.3, 0.4) is 0 Å². The molecule has 4 rings (SSSR count). The molecule has 8 heteroatoms. The number of H-pyrrole nitrogens is 1. The lowest BCUT2D eigenvalue weighted by Gasteiger charge is -2.31. The monoisotopic (exact) mass is 453 g/mol. The molecule has 1 aromatic heterocycles. The molecule has 0 aliphatic carbocycles. The SMILES string of the molecule is O=C(c1n[nH]n(N=Cc2ccccc2Br)c1=O)N1CCC(c2ccccc2)CC1. The molecule has 0 bridgehead atoms. The summed E-state index contributed by atoms with van der Waals surface area (Å²) in [6.45, 7) is 1.20. The molecule has 7 nitrogen and oxygen atoms in total. The van der Waals surface area contributed by atoms with Gasteiger partial charge in [0.15, 0.2) is 0 Å². The first-order chi connectivity index (χ1) is 14.1. The number of aromatic amines is 1. The number of rotatable bonds is 4. The van der Waals surface area contributed by atoms with Gasteiger partial charge in [-0.25, -0.2) is 0 Å². The molecule has 1 amide bonds. The van der Waals surface area contributed by atoms with Crippen molar-refractivity contribution in [2.75, 3.05) is 13.1 Å². The van der Waals surface area contributed by atoms with Crippen LogP contribution < -0.4 is 5.56 Å². The van der Waals surface area contributed by atoms with E-state index in [4.69, 9.17) is 0 Å². The Balaban J connectivity index is 1.44. The van der Waals surface area contributed by atoms with E-state index in [-0.39, 0.29) is 11.6 Å². The van der Waals surface area contributed by atoms with Crippen molar-refractivity contribution in [3.63, 3.8) is 0 Å². The first kappa shape index (κ1) is 19.3. The zero-order valence-electron chi connectivity index (χ0n) is 15.7. The molecule has 1 fully saturated rings. The molecule has 0 spiro atoms. The van der Waals surface area contributed by atoms with Crippen LogP contribution in [0, 0.1) is 0 Å². The van der Waals surface area contributed by atoms with Gasteiger partial charge in [-0.15, -0.1) is 9.89 Å². The second-order valence-electron chi connectivity index (χ2n) is 6.92. The van der Waals surface area contributed by atoms with Gasteiger partial charge < -0.3 is 4.90 Å². The Morgan fingerprint density at radius 2 is 1.79 bits per heavy atom. The van der Waals surface area contributed by atoms with E-state index >= 15 is 0 Å². The highest BCUT2D eigenvalue weighted by molar-refractivity contribution is 9.10. The third kappa shape index (κ3) is 4.22. The van der Waals surface area contributed by atoms with Crippen molar-refractivity contribution in [3.05, 3.63) is 86.2 Å². The summed E-state index contributed by atoms with van der Waals surface area (Å²) in [5, 5.41) is 10.5. The summed E-state index contributed by atoms with van der Waals surface area (Å²) >= 11 is 3.43. The number of benzene rings is 2. The van der Waals surface area contributed by atoms with Crippen LogP contribution in [0.25, 0.3) is 0 Å². The maximum absolute atomic E-state index is 12.8. The van der Waals surface area contributed by atoms with E-state index in [0.29, 0.717) is 19.0 Å². The number of nitrogens with zero attached hydrogens (tertiary/aromatic N) is 4. The first-order valence-electron chi connectivity index (χ1n) is 9.44. The van der Waals surface area contributed by atoms with Crippen LogP contribution in [0.15, 0.2) is 69.0 Å². The number of likely N-dealkylation sites (tertiary alicyclic amines) is 1. The van der Waals surface area contributed by atoms with Crippen LogP contribution in [-0.4, -0.2) is 45.2 Å². The highest BCUT2D eigenvalue weighted by atomic mass is 79.9. The van der Waals surface area contributed by atoms with Gasteiger partial charge >= 0.3 is 5.56 Å². The lowest BCUT2D eigenvalue weighted by atomic mass is 9.89. The fourth-order valence-electron chi connectivity index (χ4n) is 3.50. The number of nitrogens with one attached hydrogen (secondary N) is 1. The van der Waals surface area contributed by atoms with Gasteiger partial charge in [0.05, 0.1) is 6.21 Å². The van der Waals surface area contributed by atoms with E-state index in [2.05, 4.69) is 43.5 Å². The number of hydrogen-bond donors (Lipinski definition) is 1. The number of aromatic nitrogens is 3. The predicted molar refractivity (Wildman–Crippen MR) is 114 cm³/mol. The van der Waals surface area contributed by atoms with E-state index in [1.807, 2.05) is 42.5 Å². The largest absolute Gasteiger partial charge is 0.337 e. The molecular weight excluding hydrogens is 434 g/mol. The van der Waals surface area contributed by atoms with Crippen LogP contribution in [0.2, 0.25) is 0 Å². The van der Waals surface area contributed by atoms with Crippen molar-refractivity contribution in [1.82, 2.24) is 20.0 Å². The fourth-order valence-corrected chi connectivity index (χ4v) is 3.89. The zero-order chi connectivity index (χ0) is 20.2. The minimum absolute atomic E-state index is 0.132. The fraction of sp³-hybridized carbons (Fsp3) is 0.238. The number of amides is 1. The summed E-state index contributed by atoms with van der Waals surface area (Å²) in [5.74, 6) is 0.0811. The topological polar surface area (TPSA) is 83.3 Å². The predicted octanol–water partition coefficient (Wildman–Crippen LogP) is 3.24. The Kier molecular flexibility index (Phi) is 5.71. The third-order valence-electron chi connectivity index (χ3n) is 5.12. The molecule has 0 atom stereocenters. The highest BCUT2D eigenvalue weighted by Crippen LogP contribution is 2.28. The standard InChI is InChI=1S/C21H20BrN5O2/c22-18-9-5-4-8-17(18)14-23-27-21(29)19(24-25-27)20(28)26-12-10-16(11-13-26)15-6-2-1-3-7-15/h1-9,14,16,25H,10-13H2. The van der Waals surface area contributed by atoms with Crippen LogP contribution in [0.5, 0.6) is 0 Å². The summed E-state index contributed by atoms with van der Waals surface area (Å²) in [7, 11) is 0. The molecule has 1 saturated heterocycles. The van der Waals surface area contributed by atoms with E-state index in [0.717, 1.165) is 27.7 Å². The zero-order valence-corrected chi connectivity index (χ0v) is 17.2. The Hall–Kier alpha value is -3.00. The van der Waals surface area contributed by atoms with Crippen molar-refractivity contribution in [3.8, 4) is 0 Å². The highest BCUT2D eigenvalue weighted by Gasteiger charge is 2.28. The minimum Gasteiger partial charge on any atom is -0.337 e. The smallest absolute Gasteiger partial charge is 0.320 e. The number of carbonyl (C=O) groups excluding carboxylic acids is 1. The van der Waals surface area contributed by atoms with Gasteiger partial charge in [-0.1, -0.05) is 64.5 Å². The normalized spacial score (nSPS) is 15.1. The molecule has 1 N–H and O–H groups in total. The van der Waals surface area contributed by atoms with Crippen molar-refractivity contribution in [2.24, 2.45) is 5.10 Å². The summed E-state index contributed by atoms with van der Waals surface area (Å²) in [4.78, 5) is 28.0. The maximum atomic E-state index is 12.8. The molecule has 1 aliphatic rings. The number of halogens is 1. The van der Waals surface area contributed by atoms with Gasteiger partial charge in [0, 0.05) is 23.1 Å². The van der Waals surface area contributed by atoms with Gasteiger partial charge in [0.25, 0.3) is 5.91 Å². The van der Waals surface area contributed by atoms with E-state index in [9.17, 15) is 9.59 Å². The van der Waals surface area contributed by atoms with Crippen LogP contribution in [0.1, 0.15) is 40.4 Å². The number of hydrogen-bond acceptors (Lipinski definition) is 4. The van der Waals surface area contributed by atoms with Gasteiger partial charge in [-0.2, -0.15) is 10.3 Å². The molecule has 1 aliphatic heterocycles. The van der Waals surface area contributed by atoms with Crippen molar-refractivity contribution < 1.29 is 4.79 Å². The summed E-state index contributed by atoms with van der Waals surface area (Å²) in [5.41, 5.74) is 1.42. The molecule has 0 saturated carbocycles. The first-order valence-corrected chi connectivity index (χ1v) is 10.2. The van der Waals surface area contributed by atoms with Crippen LogP contribution >= 0.6 is 15.9 Å². The summed E-state index contributed by atoms with van der Waals surface area (Å²) in [6, 6.07) is 17.8. The second kappa shape index (κ2) is 8.57. The minimum atomic E-state index is -0.552. The lowest BCUT2D eigenvalue weighted by Crippen LogP contribution is -2.40. The molecule has 2 aromatic carbocycles. The van der Waals surface area contributed by atoms with Gasteiger partial charge in [0.1, 0.15) is 0 Å². The number of piperidine rings is 1. The Morgan fingerprint density at radius 3 is 2.52 bits per heavy atom. The van der Waals surface area contributed by atoms with Crippen molar-refractivity contribution in [1.29, 1.82) is 0 Å².